The predicted octanol–water partition coefficient (Wildman–Crippen LogP) is 2.34. The standard InChI is InChI=1S/C13H13N3OS2/c1-9-3-2-5-16-11(17)7-10(15-12(9)16)8-19-13-14-4-6-18-13/h2-3,5,7H,4,6,8H2,1H3. The van der Waals surface area contributed by atoms with Crippen LogP contribution in [0.15, 0.2) is 34.2 Å². The molecule has 0 saturated carbocycles. The Kier molecular flexibility index (Phi) is 3.61. The van der Waals surface area contributed by atoms with Crippen molar-refractivity contribution in [2.45, 2.75) is 12.7 Å². The fourth-order valence-corrected chi connectivity index (χ4v) is 3.82. The number of aryl methyl sites for hydroxylation is 1. The van der Waals surface area contributed by atoms with Gasteiger partial charge in [0.1, 0.15) is 10.0 Å². The molecule has 0 spiro atoms. The highest BCUT2D eigenvalue weighted by Gasteiger charge is 2.10. The molecule has 0 atom stereocenters. The van der Waals surface area contributed by atoms with Crippen molar-refractivity contribution in [2.24, 2.45) is 4.99 Å². The van der Waals surface area contributed by atoms with E-state index in [0.717, 1.165) is 33.6 Å². The molecule has 19 heavy (non-hydrogen) atoms. The van der Waals surface area contributed by atoms with E-state index in [1.165, 1.54) is 0 Å². The van der Waals surface area contributed by atoms with Gasteiger partial charge in [-0.2, -0.15) is 0 Å². The van der Waals surface area contributed by atoms with Gasteiger partial charge in [0, 0.05) is 23.8 Å². The molecule has 0 amide bonds. The first kappa shape index (κ1) is 12.7. The van der Waals surface area contributed by atoms with Crippen LogP contribution < -0.4 is 5.56 Å². The Hall–Kier alpha value is -1.27. The van der Waals surface area contributed by atoms with Crippen LogP contribution in [0.5, 0.6) is 0 Å². The van der Waals surface area contributed by atoms with E-state index in [1.807, 2.05) is 19.1 Å². The fourth-order valence-electron chi connectivity index (χ4n) is 1.92. The summed E-state index contributed by atoms with van der Waals surface area (Å²) < 4.78 is 2.69. The van der Waals surface area contributed by atoms with Gasteiger partial charge in [0.05, 0.1) is 12.2 Å². The Morgan fingerprint density at radius 3 is 3.21 bits per heavy atom. The molecule has 2 aromatic rings. The third-order valence-corrected chi connectivity index (χ3v) is 5.13. The topological polar surface area (TPSA) is 46.7 Å². The Morgan fingerprint density at radius 1 is 1.53 bits per heavy atom. The number of aromatic nitrogens is 2. The van der Waals surface area contributed by atoms with Crippen molar-refractivity contribution in [3.63, 3.8) is 0 Å². The molecular formula is C13H13N3OS2. The summed E-state index contributed by atoms with van der Waals surface area (Å²) in [7, 11) is 0. The van der Waals surface area contributed by atoms with Gasteiger partial charge in [-0.25, -0.2) is 4.98 Å². The molecule has 0 unspecified atom stereocenters. The second kappa shape index (κ2) is 5.38. The highest BCUT2D eigenvalue weighted by Crippen LogP contribution is 2.24. The Morgan fingerprint density at radius 2 is 2.42 bits per heavy atom. The minimum Gasteiger partial charge on any atom is -0.271 e. The zero-order valence-electron chi connectivity index (χ0n) is 10.5. The van der Waals surface area contributed by atoms with Crippen LogP contribution in [0.2, 0.25) is 0 Å². The third-order valence-electron chi connectivity index (χ3n) is 2.84. The van der Waals surface area contributed by atoms with E-state index < -0.39 is 0 Å². The third kappa shape index (κ3) is 2.69. The van der Waals surface area contributed by atoms with Gasteiger partial charge in [-0.3, -0.25) is 14.2 Å². The van der Waals surface area contributed by atoms with Crippen LogP contribution in [-0.2, 0) is 5.75 Å². The van der Waals surface area contributed by atoms with Crippen LogP contribution in [0.4, 0.5) is 0 Å². The van der Waals surface area contributed by atoms with Crippen molar-refractivity contribution in [1.29, 1.82) is 0 Å². The SMILES string of the molecule is Cc1cccn2c(=O)cc(CSC3=NCCS3)nc12. The molecule has 6 heteroatoms. The quantitative estimate of drug-likeness (QED) is 0.852. The zero-order valence-corrected chi connectivity index (χ0v) is 12.1. The van der Waals surface area contributed by atoms with Crippen molar-refractivity contribution < 1.29 is 0 Å². The molecule has 98 valence electrons. The summed E-state index contributed by atoms with van der Waals surface area (Å²) in [4.78, 5) is 21.0. The minimum absolute atomic E-state index is 0.0229. The second-order valence-corrected chi connectivity index (χ2v) is 6.56. The number of hydrogen-bond donors (Lipinski definition) is 0. The fraction of sp³-hybridized carbons (Fsp3) is 0.308. The number of pyridine rings is 1. The maximum Gasteiger partial charge on any atom is 0.258 e. The van der Waals surface area contributed by atoms with Crippen LogP contribution >= 0.6 is 23.5 Å². The molecule has 3 heterocycles. The lowest BCUT2D eigenvalue weighted by Crippen LogP contribution is -2.15. The van der Waals surface area contributed by atoms with Crippen molar-refractivity contribution in [3.8, 4) is 0 Å². The summed E-state index contributed by atoms with van der Waals surface area (Å²) in [5.41, 5.74) is 2.55. The lowest BCUT2D eigenvalue weighted by atomic mass is 10.3. The van der Waals surface area contributed by atoms with Crippen LogP contribution in [0.3, 0.4) is 0 Å². The van der Waals surface area contributed by atoms with E-state index >= 15 is 0 Å². The maximum absolute atomic E-state index is 12.0. The van der Waals surface area contributed by atoms with Gasteiger partial charge in [0.25, 0.3) is 5.56 Å². The predicted molar refractivity (Wildman–Crippen MR) is 82.3 cm³/mol. The van der Waals surface area contributed by atoms with Crippen LogP contribution in [0.25, 0.3) is 5.65 Å². The van der Waals surface area contributed by atoms with Gasteiger partial charge >= 0.3 is 0 Å². The number of hydrogen-bond acceptors (Lipinski definition) is 5. The van der Waals surface area contributed by atoms with E-state index in [0.29, 0.717) is 5.75 Å². The smallest absolute Gasteiger partial charge is 0.258 e. The molecule has 0 N–H and O–H groups in total. The van der Waals surface area contributed by atoms with Gasteiger partial charge in [0.15, 0.2) is 0 Å². The van der Waals surface area contributed by atoms with E-state index in [-0.39, 0.29) is 5.56 Å². The molecule has 0 aromatic carbocycles. The van der Waals surface area contributed by atoms with Crippen LogP contribution in [-0.4, -0.2) is 26.1 Å². The average molecular weight is 291 g/mol. The number of aliphatic imine (C=N–C) groups is 1. The van der Waals surface area contributed by atoms with Gasteiger partial charge < -0.3 is 0 Å². The summed E-state index contributed by atoms with van der Waals surface area (Å²) in [6.45, 7) is 2.87. The molecule has 3 rings (SSSR count). The second-order valence-electron chi connectivity index (χ2n) is 4.26. The van der Waals surface area contributed by atoms with E-state index in [1.54, 1.807) is 40.2 Å². The molecule has 1 aliphatic heterocycles. The van der Waals surface area contributed by atoms with Crippen molar-refractivity contribution in [2.75, 3.05) is 12.3 Å². The van der Waals surface area contributed by atoms with Gasteiger partial charge in [-0.1, -0.05) is 29.6 Å². The minimum atomic E-state index is -0.0229. The number of nitrogens with zero attached hydrogens (tertiary/aromatic N) is 3. The molecule has 4 nitrogen and oxygen atoms in total. The Bertz CT molecular complexity index is 709. The molecule has 0 bridgehead atoms. The first-order chi connectivity index (χ1) is 9.24. The maximum atomic E-state index is 12.0. The first-order valence-corrected chi connectivity index (χ1v) is 7.99. The molecule has 0 aliphatic carbocycles. The van der Waals surface area contributed by atoms with Gasteiger partial charge in [-0.05, 0) is 18.6 Å². The van der Waals surface area contributed by atoms with Crippen molar-refractivity contribution in [1.82, 2.24) is 9.38 Å². The molecule has 1 aliphatic rings. The van der Waals surface area contributed by atoms with E-state index in [4.69, 9.17) is 0 Å². The average Bonchev–Trinajstić information content (AvgIpc) is 2.91. The van der Waals surface area contributed by atoms with E-state index in [9.17, 15) is 4.79 Å². The molecular weight excluding hydrogens is 278 g/mol. The largest absolute Gasteiger partial charge is 0.271 e. The summed E-state index contributed by atoms with van der Waals surface area (Å²) in [6, 6.07) is 5.44. The number of thioether (sulfide) groups is 2. The van der Waals surface area contributed by atoms with E-state index in [2.05, 4.69) is 9.98 Å². The summed E-state index contributed by atoms with van der Waals surface area (Å²) in [5.74, 6) is 1.77. The summed E-state index contributed by atoms with van der Waals surface area (Å²) in [5, 5.41) is 0. The van der Waals surface area contributed by atoms with Crippen molar-refractivity contribution >= 4 is 33.5 Å². The molecule has 0 saturated heterocycles. The normalized spacial score (nSPS) is 14.9. The molecule has 0 radical (unpaired) electrons. The highest BCUT2D eigenvalue weighted by molar-refractivity contribution is 8.38. The monoisotopic (exact) mass is 291 g/mol. The molecule has 0 fully saturated rings. The Labute approximate surface area is 119 Å². The zero-order chi connectivity index (χ0) is 13.2. The van der Waals surface area contributed by atoms with Gasteiger partial charge in [-0.15, -0.1) is 0 Å². The van der Waals surface area contributed by atoms with Crippen LogP contribution in [0.1, 0.15) is 11.3 Å². The lowest BCUT2D eigenvalue weighted by Gasteiger charge is -2.05. The Balaban J connectivity index is 1.92. The highest BCUT2D eigenvalue weighted by atomic mass is 32.2. The van der Waals surface area contributed by atoms with Crippen LogP contribution in [0, 0.1) is 6.92 Å². The summed E-state index contributed by atoms with van der Waals surface area (Å²) >= 11 is 3.44. The molecule has 2 aromatic heterocycles. The number of fused-ring (bicyclic) bond motifs is 1. The van der Waals surface area contributed by atoms with Gasteiger partial charge in [0.2, 0.25) is 0 Å². The number of rotatable bonds is 2. The van der Waals surface area contributed by atoms with Crippen molar-refractivity contribution in [3.05, 3.63) is 46.0 Å². The summed E-state index contributed by atoms with van der Waals surface area (Å²) in [6.07, 6.45) is 1.76. The lowest BCUT2D eigenvalue weighted by molar-refractivity contribution is 1.00. The first-order valence-electron chi connectivity index (χ1n) is 6.02.